The lowest BCUT2D eigenvalue weighted by atomic mass is 10.1. The van der Waals surface area contributed by atoms with E-state index in [-0.39, 0.29) is 0 Å². The molecule has 18 heavy (non-hydrogen) atoms. The minimum atomic E-state index is 0.323. The number of benzene rings is 1. The van der Waals surface area contributed by atoms with E-state index in [2.05, 4.69) is 35.7 Å². The van der Waals surface area contributed by atoms with Crippen molar-refractivity contribution in [2.24, 2.45) is 12.8 Å². The maximum absolute atomic E-state index is 5.54. The Morgan fingerprint density at radius 2 is 2.11 bits per heavy atom. The van der Waals surface area contributed by atoms with Crippen molar-refractivity contribution in [1.29, 1.82) is 0 Å². The van der Waals surface area contributed by atoms with Crippen LogP contribution >= 0.6 is 0 Å². The van der Waals surface area contributed by atoms with Crippen molar-refractivity contribution in [2.75, 3.05) is 0 Å². The van der Waals surface area contributed by atoms with Gasteiger partial charge in [0.05, 0.1) is 6.54 Å². The normalized spacial score (nSPS) is 11.3. The summed E-state index contributed by atoms with van der Waals surface area (Å²) in [5.41, 5.74) is 9.88. The van der Waals surface area contributed by atoms with Crippen molar-refractivity contribution < 1.29 is 4.42 Å². The van der Waals surface area contributed by atoms with Gasteiger partial charge in [-0.25, -0.2) is 4.98 Å². The molecular formula is C14H15N3O. The van der Waals surface area contributed by atoms with Crippen LogP contribution in [-0.2, 0) is 13.6 Å². The Labute approximate surface area is 105 Å². The third-order valence-corrected chi connectivity index (χ3v) is 3.38. The minimum Gasteiger partial charge on any atom is -0.447 e. The predicted molar refractivity (Wildman–Crippen MR) is 71.0 cm³/mol. The van der Waals surface area contributed by atoms with E-state index in [9.17, 15) is 0 Å². The molecule has 0 unspecified atom stereocenters. The molecule has 0 fully saturated rings. The van der Waals surface area contributed by atoms with Crippen molar-refractivity contribution in [3.8, 4) is 11.3 Å². The van der Waals surface area contributed by atoms with Gasteiger partial charge in [0.25, 0.3) is 0 Å². The third kappa shape index (κ3) is 1.46. The van der Waals surface area contributed by atoms with Crippen LogP contribution in [0.3, 0.4) is 0 Å². The molecule has 0 saturated carbocycles. The monoisotopic (exact) mass is 241 g/mol. The topological polar surface area (TPSA) is 57.0 Å². The Morgan fingerprint density at radius 3 is 2.83 bits per heavy atom. The molecule has 0 saturated heterocycles. The lowest BCUT2D eigenvalue weighted by Gasteiger charge is -1.98. The molecule has 0 aliphatic heterocycles. The van der Waals surface area contributed by atoms with Gasteiger partial charge in [0.1, 0.15) is 12.0 Å². The highest BCUT2D eigenvalue weighted by molar-refractivity contribution is 5.96. The molecule has 2 N–H and O–H groups in total. The summed E-state index contributed by atoms with van der Waals surface area (Å²) in [4.78, 5) is 4.42. The molecule has 0 aliphatic carbocycles. The van der Waals surface area contributed by atoms with E-state index in [1.807, 2.05) is 12.1 Å². The summed E-state index contributed by atoms with van der Waals surface area (Å²) in [6, 6.07) is 8.29. The summed E-state index contributed by atoms with van der Waals surface area (Å²) in [7, 11) is 2.06. The highest BCUT2D eigenvalue weighted by Gasteiger charge is 2.16. The summed E-state index contributed by atoms with van der Waals surface area (Å²) in [5, 5.41) is 1.19. The van der Waals surface area contributed by atoms with E-state index < -0.39 is 0 Å². The van der Waals surface area contributed by atoms with Crippen molar-refractivity contribution >= 4 is 10.9 Å². The summed E-state index contributed by atoms with van der Waals surface area (Å²) < 4.78 is 7.50. The van der Waals surface area contributed by atoms with E-state index in [0.717, 1.165) is 11.3 Å². The fourth-order valence-corrected chi connectivity index (χ4v) is 2.36. The smallest absolute Gasteiger partial charge is 0.208 e. The molecule has 4 heteroatoms. The first-order valence-electron chi connectivity index (χ1n) is 5.91. The number of oxazole rings is 1. The van der Waals surface area contributed by atoms with Crippen LogP contribution in [0.15, 0.2) is 34.9 Å². The Morgan fingerprint density at radius 1 is 1.33 bits per heavy atom. The lowest BCUT2D eigenvalue weighted by Crippen LogP contribution is -1.96. The van der Waals surface area contributed by atoms with Gasteiger partial charge < -0.3 is 14.7 Å². The number of aryl methyl sites for hydroxylation is 1. The van der Waals surface area contributed by atoms with E-state index >= 15 is 0 Å². The highest BCUT2D eigenvalue weighted by Crippen LogP contribution is 2.33. The molecule has 0 atom stereocenters. The Balaban J connectivity index is 2.31. The molecule has 92 valence electrons. The maximum atomic E-state index is 5.54. The van der Waals surface area contributed by atoms with Crippen LogP contribution in [0.1, 0.15) is 11.6 Å². The largest absolute Gasteiger partial charge is 0.447 e. The number of rotatable bonds is 2. The standard InChI is InChI=1S/C14H15N3O/c1-9-14(11-8-18-13(7-15)16-11)10-5-3-4-6-12(10)17(9)2/h3-6,8H,7,15H2,1-2H3. The van der Waals surface area contributed by atoms with Crippen molar-refractivity contribution in [2.45, 2.75) is 13.5 Å². The number of fused-ring (bicyclic) bond motifs is 1. The fourth-order valence-electron chi connectivity index (χ4n) is 2.36. The number of aromatic nitrogens is 2. The first-order chi connectivity index (χ1) is 8.72. The van der Waals surface area contributed by atoms with E-state index in [1.165, 1.54) is 16.6 Å². The third-order valence-electron chi connectivity index (χ3n) is 3.38. The van der Waals surface area contributed by atoms with Gasteiger partial charge in [-0.05, 0) is 13.0 Å². The van der Waals surface area contributed by atoms with Crippen LogP contribution < -0.4 is 5.73 Å². The number of hydrogen-bond acceptors (Lipinski definition) is 3. The van der Waals surface area contributed by atoms with Crippen LogP contribution in [-0.4, -0.2) is 9.55 Å². The maximum Gasteiger partial charge on any atom is 0.208 e. The lowest BCUT2D eigenvalue weighted by molar-refractivity contribution is 0.498. The predicted octanol–water partition coefficient (Wildman–Crippen LogP) is 2.60. The molecule has 0 aliphatic rings. The second-order valence-electron chi connectivity index (χ2n) is 4.37. The molecule has 0 bridgehead atoms. The fraction of sp³-hybridized carbons (Fsp3) is 0.214. The second kappa shape index (κ2) is 3.99. The second-order valence-corrected chi connectivity index (χ2v) is 4.37. The Hall–Kier alpha value is -2.07. The van der Waals surface area contributed by atoms with Crippen molar-refractivity contribution in [3.63, 3.8) is 0 Å². The molecule has 1 aromatic carbocycles. The minimum absolute atomic E-state index is 0.323. The van der Waals surface area contributed by atoms with Gasteiger partial charge in [-0.15, -0.1) is 0 Å². The first-order valence-corrected chi connectivity index (χ1v) is 5.91. The summed E-state index contributed by atoms with van der Waals surface area (Å²) in [5.74, 6) is 0.567. The molecule has 0 radical (unpaired) electrons. The first kappa shape index (κ1) is 11.0. The Bertz CT molecular complexity index is 709. The van der Waals surface area contributed by atoms with Gasteiger partial charge in [0.15, 0.2) is 0 Å². The van der Waals surface area contributed by atoms with Gasteiger partial charge in [0, 0.05) is 29.2 Å². The van der Waals surface area contributed by atoms with Gasteiger partial charge in [-0.3, -0.25) is 0 Å². The van der Waals surface area contributed by atoms with Crippen LogP contribution in [0.5, 0.6) is 0 Å². The van der Waals surface area contributed by atoms with Crippen LogP contribution in [0, 0.1) is 6.92 Å². The SMILES string of the molecule is Cc1c(-c2coc(CN)n2)c2ccccc2n1C. The zero-order chi connectivity index (χ0) is 12.7. The van der Waals surface area contributed by atoms with E-state index in [1.54, 1.807) is 6.26 Å². The summed E-state index contributed by atoms with van der Waals surface area (Å²) in [6.45, 7) is 2.41. The molecule has 2 heterocycles. The molecule has 2 aromatic heterocycles. The Kier molecular flexibility index (Phi) is 2.45. The van der Waals surface area contributed by atoms with Gasteiger partial charge in [0.2, 0.25) is 5.89 Å². The summed E-state index contributed by atoms with van der Waals surface area (Å²) >= 11 is 0. The molecule has 0 spiro atoms. The van der Waals surface area contributed by atoms with Crippen molar-refractivity contribution in [3.05, 3.63) is 42.1 Å². The summed E-state index contributed by atoms with van der Waals surface area (Å²) in [6.07, 6.45) is 1.68. The zero-order valence-electron chi connectivity index (χ0n) is 10.5. The van der Waals surface area contributed by atoms with Crippen LogP contribution in [0.25, 0.3) is 22.2 Å². The zero-order valence-corrected chi connectivity index (χ0v) is 10.5. The average molecular weight is 241 g/mol. The van der Waals surface area contributed by atoms with Gasteiger partial charge in [-0.2, -0.15) is 0 Å². The number of nitrogens with two attached hydrogens (primary N) is 1. The van der Waals surface area contributed by atoms with Gasteiger partial charge in [-0.1, -0.05) is 18.2 Å². The number of para-hydroxylation sites is 1. The molecule has 4 nitrogen and oxygen atoms in total. The quantitative estimate of drug-likeness (QED) is 0.750. The van der Waals surface area contributed by atoms with Crippen molar-refractivity contribution in [1.82, 2.24) is 9.55 Å². The number of hydrogen-bond donors (Lipinski definition) is 1. The van der Waals surface area contributed by atoms with Crippen LogP contribution in [0.4, 0.5) is 0 Å². The van der Waals surface area contributed by atoms with Crippen LogP contribution in [0.2, 0.25) is 0 Å². The highest BCUT2D eigenvalue weighted by atomic mass is 16.3. The molecular weight excluding hydrogens is 226 g/mol. The number of nitrogens with zero attached hydrogens (tertiary/aromatic N) is 2. The van der Waals surface area contributed by atoms with E-state index in [4.69, 9.17) is 10.2 Å². The molecule has 3 rings (SSSR count). The molecule has 3 aromatic rings. The molecule has 0 amide bonds. The van der Waals surface area contributed by atoms with Gasteiger partial charge >= 0.3 is 0 Å². The average Bonchev–Trinajstić information content (AvgIpc) is 2.95. The van der Waals surface area contributed by atoms with E-state index in [0.29, 0.717) is 12.4 Å².